The monoisotopic (exact) mass is 203 g/mol. The summed E-state index contributed by atoms with van der Waals surface area (Å²) in [7, 11) is 0. The zero-order chi connectivity index (χ0) is 10.5. The van der Waals surface area contributed by atoms with Crippen molar-refractivity contribution >= 4 is 5.91 Å². The van der Waals surface area contributed by atoms with Gasteiger partial charge in [-0.15, -0.1) is 0 Å². The maximum Gasteiger partial charge on any atom is 0.227 e. The number of aromatic nitrogens is 1. The van der Waals surface area contributed by atoms with E-state index in [0.29, 0.717) is 6.42 Å². The van der Waals surface area contributed by atoms with E-state index in [0.717, 1.165) is 31.5 Å². The van der Waals surface area contributed by atoms with Gasteiger partial charge in [0.2, 0.25) is 5.91 Å². The van der Waals surface area contributed by atoms with Gasteiger partial charge in [-0.1, -0.05) is 6.07 Å². The highest BCUT2D eigenvalue weighted by atomic mass is 16.2. The standard InChI is InChI=1S/C12H15N2O/c15-12(14-7-2-1-3-8-14)9-11-5-4-6-13-10-11/h1,4-6,10H,2-3,7-9H2. The first-order valence-corrected chi connectivity index (χ1v) is 5.34. The van der Waals surface area contributed by atoms with Crippen molar-refractivity contribution in [3.63, 3.8) is 0 Å². The highest BCUT2D eigenvalue weighted by Crippen LogP contribution is 2.09. The molecule has 0 spiro atoms. The first kappa shape index (κ1) is 10.1. The Kier molecular flexibility index (Phi) is 3.33. The van der Waals surface area contributed by atoms with Crippen molar-refractivity contribution in [2.24, 2.45) is 0 Å². The van der Waals surface area contributed by atoms with Crippen LogP contribution in [0.1, 0.15) is 18.4 Å². The number of hydrogen-bond donors (Lipinski definition) is 0. The Hall–Kier alpha value is -1.38. The highest BCUT2D eigenvalue weighted by molar-refractivity contribution is 5.78. The molecule has 0 N–H and O–H groups in total. The Morgan fingerprint density at radius 1 is 1.40 bits per heavy atom. The van der Waals surface area contributed by atoms with Crippen LogP contribution in [0.25, 0.3) is 0 Å². The molecule has 0 bridgehead atoms. The fourth-order valence-corrected chi connectivity index (χ4v) is 1.79. The average molecular weight is 203 g/mol. The fraction of sp³-hybridized carbons (Fsp3) is 0.417. The van der Waals surface area contributed by atoms with E-state index >= 15 is 0 Å². The summed E-state index contributed by atoms with van der Waals surface area (Å²) in [6.07, 6.45) is 8.26. The molecule has 1 radical (unpaired) electrons. The number of nitrogens with zero attached hydrogens (tertiary/aromatic N) is 2. The Morgan fingerprint density at radius 2 is 2.20 bits per heavy atom. The van der Waals surface area contributed by atoms with Gasteiger partial charge in [-0.2, -0.15) is 0 Å². The average Bonchev–Trinajstić information content (AvgIpc) is 2.31. The molecule has 3 nitrogen and oxygen atoms in total. The summed E-state index contributed by atoms with van der Waals surface area (Å²) in [4.78, 5) is 17.8. The van der Waals surface area contributed by atoms with Crippen LogP contribution in [0, 0.1) is 6.42 Å². The van der Waals surface area contributed by atoms with E-state index in [2.05, 4.69) is 11.4 Å². The van der Waals surface area contributed by atoms with Crippen LogP contribution >= 0.6 is 0 Å². The lowest BCUT2D eigenvalue weighted by Crippen LogP contribution is -2.36. The largest absolute Gasteiger partial charge is 0.342 e. The molecule has 1 aromatic heterocycles. The molecule has 0 aliphatic carbocycles. The molecule has 1 aliphatic rings. The van der Waals surface area contributed by atoms with Gasteiger partial charge in [-0.3, -0.25) is 9.78 Å². The van der Waals surface area contributed by atoms with Gasteiger partial charge in [0.25, 0.3) is 0 Å². The zero-order valence-corrected chi connectivity index (χ0v) is 8.72. The molecular formula is C12H15N2O. The van der Waals surface area contributed by atoms with Gasteiger partial charge in [0.05, 0.1) is 6.42 Å². The van der Waals surface area contributed by atoms with Crippen molar-refractivity contribution in [3.05, 3.63) is 36.5 Å². The van der Waals surface area contributed by atoms with Gasteiger partial charge < -0.3 is 4.90 Å². The van der Waals surface area contributed by atoms with E-state index in [9.17, 15) is 4.79 Å². The van der Waals surface area contributed by atoms with Gasteiger partial charge in [-0.25, -0.2) is 0 Å². The van der Waals surface area contributed by atoms with Crippen molar-refractivity contribution in [1.82, 2.24) is 9.88 Å². The van der Waals surface area contributed by atoms with Crippen LogP contribution in [-0.4, -0.2) is 28.9 Å². The molecule has 15 heavy (non-hydrogen) atoms. The topological polar surface area (TPSA) is 33.2 Å². The van der Waals surface area contributed by atoms with Crippen LogP contribution in [0.2, 0.25) is 0 Å². The van der Waals surface area contributed by atoms with E-state index < -0.39 is 0 Å². The SMILES string of the molecule is O=C(Cc1cccnc1)N1CC[CH]CC1. The third-order valence-electron chi connectivity index (χ3n) is 2.64. The third-order valence-corrected chi connectivity index (χ3v) is 2.64. The predicted molar refractivity (Wildman–Crippen MR) is 58.1 cm³/mol. The summed E-state index contributed by atoms with van der Waals surface area (Å²) in [6.45, 7) is 1.75. The number of hydrogen-bond acceptors (Lipinski definition) is 2. The number of carbonyl (C=O) groups is 1. The van der Waals surface area contributed by atoms with E-state index in [1.54, 1.807) is 12.4 Å². The van der Waals surface area contributed by atoms with Crippen LogP contribution in [0.15, 0.2) is 24.5 Å². The number of likely N-dealkylation sites (tertiary alicyclic amines) is 1. The molecule has 2 rings (SSSR count). The molecule has 79 valence electrons. The molecule has 1 fully saturated rings. The predicted octanol–water partition coefficient (Wildman–Crippen LogP) is 1.45. The van der Waals surface area contributed by atoms with Gasteiger partial charge in [0, 0.05) is 25.5 Å². The minimum atomic E-state index is 0.219. The second kappa shape index (κ2) is 4.91. The van der Waals surface area contributed by atoms with E-state index in [1.807, 2.05) is 17.0 Å². The summed E-state index contributed by atoms with van der Waals surface area (Å²) < 4.78 is 0. The number of amides is 1. The molecule has 0 atom stereocenters. The van der Waals surface area contributed by atoms with Crippen molar-refractivity contribution in [2.45, 2.75) is 19.3 Å². The lowest BCUT2D eigenvalue weighted by Gasteiger charge is -2.26. The van der Waals surface area contributed by atoms with Crippen molar-refractivity contribution < 1.29 is 4.79 Å². The second-order valence-electron chi connectivity index (χ2n) is 3.78. The van der Waals surface area contributed by atoms with Gasteiger partial charge in [-0.05, 0) is 30.9 Å². The molecule has 0 saturated carbocycles. The molecule has 2 heterocycles. The Labute approximate surface area is 90.1 Å². The fourth-order valence-electron chi connectivity index (χ4n) is 1.79. The van der Waals surface area contributed by atoms with E-state index in [4.69, 9.17) is 0 Å². The molecule has 3 heteroatoms. The van der Waals surface area contributed by atoms with Crippen LogP contribution in [-0.2, 0) is 11.2 Å². The Balaban J connectivity index is 1.91. The van der Waals surface area contributed by atoms with Gasteiger partial charge in [0.15, 0.2) is 0 Å². The van der Waals surface area contributed by atoms with Crippen LogP contribution in [0.5, 0.6) is 0 Å². The maximum atomic E-state index is 11.9. The van der Waals surface area contributed by atoms with Crippen molar-refractivity contribution in [3.8, 4) is 0 Å². The second-order valence-corrected chi connectivity index (χ2v) is 3.78. The van der Waals surface area contributed by atoms with Crippen molar-refractivity contribution in [1.29, 1.82) is 0 Å². The summed E-state index contributed by atoms with van der Waals surface area (Å²) in [5.74, 6) is 0.219. The third kappa shape index (κ3) is 2.78. The molecule has 1 aromatic rings. The first-order valence-electron chi connectivity index (χ1n) is 5.34. The van der Waals surface area contributed by atoms with E-state index in [1.165, 1.54) is 0 Å². The molecule has 1 amide bonds. The quantitative estimate of drug-likeness (QED) is 0.729. The van der Waals surface area contributed by atoms with Gasteiger partial charge in [0.1, 0.15) is 0 Å². The molecule has 0 aromatic carbocycles. The lowest BCUT2D eigenvalue weighted by molar-refractivity contribution is -0.130. The highest BCUT2D eigenvalue weighted by Gasteiger charge is 2.16. The smallest absolute Gasteiger partial charge is 0.227 e. The number of piperidine rings is 1. The first-order chi connectivity index (χ1) is 7.36. The maximum absolute atomic E-state index is 11.9. The van der Waals surface area contributed by atoms with Crippen LogP contribution < -0.4 is 0 Å². The normalized spacial score (nSPS) is 16.4. The molecule has 1 aliphatic heterocycles. The summed E-state index contributed by atoms with van der Waals surface area (Å²) in [5, 5.41) is 0. The Morgan fingerprint density at radius 3 is 2.87 bits per heavy atom. The van der Waals surface area contributed by atoms with Crippen molar-refractivity contribution in [2.75, 3.05) is 13.1 Å². The summed E-state index contributed by atoms with van der Waals surface area (Å²) >= 11 is 0. The van der Waals surface area contributed by atoms with Gasteiger partial charge >= 0.3 is 0 Å². The summed E-state index contributed by atoms with van der Waals surface area (Å²) in [6, 6.07) is 3.81. The van der Waals surface area contributed by atoms with Crippen LogP contribution in [0.3, 0.4) is 0 Å². The molecule has 0 unspecified atom stereocenters. The minimum absolute atomic E-state index is 0.219. The van der Waals surface area contributed by atoms with Crippen LogP contribution in [0.4, 0.5) is 0 Å². The number of carbonyl (C=O) groups excluding carboxylic acids is 1. The number of pyridine rings is 1. The minimum Gasteiger partial charge on any atom is -0.342 e. The van der Waals surface area contributed by atoms with E-state index in [-0.39, 0.29) is 5.91 Å². The lowest BCUT2D eigenvalue weighted by atomic mass is 10.1. The number of rotatable bonds is 2. The molecule has 1 saturated heterocycles. The Bertz CT molecular complexity index is 318. The zero-order valence-electron chi connectivity index (χ0n) is 8.72. The summed E-state index contributed by atoms with van der Waals surface area (Å²) in [5.41, 5.74) is 0.997. The molecular weight excluding hydrogens is 188 g/mol.